The smallest absolute Gasteiger partial charge is 0.243 e. The van der Waals surface area contributed by atoms with Crippen LogP contribution >= 0.6 is 0 Å². The van der Waals surface area contributed by atoms with E-state index < -0.39 is 120 Å². The largest absolute Gasteiger partial charge is 0.370 e. The number of imidazole rings is 1. The predicted octanol–water partition coefficient (Wildman–Crippen LogP) is -0.992. The number of carbonyl (C=O) groups excluding carboxylic acids is 10. The second-order valence-corrected chi connectivity index (χ2v) is 18.7. The highest BCUT2D eigenvalue weighted by Gasteiger charge is 2.36. The molecule has 7 atom stereocenters. The van der Waals surface area contributed by atoms with Crippen LogP contribution in [-0.2, 0) is 67.2 Å². The number of amides is 8. The van der Waals surface area contributed by atoms with Crippen LogP contribution in [0.3, 0.4) is 0 Å². The summed E-state index contributed by atoms with van der Waals surface area (Å²) in [4.78, 5) is 151. The van der Waals surface area contributed by atoms with Crippen LogP contribution in [0.25, 0.3) is 10.9 Å². The van der Waals surface area contributed by atoms with Gasteiger partial charge in [0.25, 0.3) is 0 Å². The summed E-state index contributed by atoms with van der Waals surface area (Å²) in [5, 5.41) is 16.7. The van der Waals surface area contributed by atoms with Crippen LogP contribution in [0.5, 0.6) is 0 Å². The maximum atomic E-state index is 14.7. The highest BCUT2D eigenvalue weighted by Crippen LogP contribution is 2.26. The van der Waals surface area contributed by atoms with Crippen LogP contribution in [0, 0.1) is 11.8 Å². The molecular weight excluding hydrogens is 969 g/mol. The number of para-hydroxylation sites is 1. The number of benzene rings is 2. The van der Waals surface area contributed by atoms with Crippen molar-refractivity contribution in [3.8, 4) is 0 Å². The van der Waals surface area contributed by atoms with Crippen LogP contribution in [0.15, 0.2) is 78.3 Å². The van der Waals surface area contributed by atoms with Crippen molar-refractivity contribution in [2.75, 3.05) is 13.1 Å². The molecule has 3 heterocycles. The Morgan fingerprint density at radius 3 is 2.19 bits per heavy atom. The van der Waals surface area contributed by atoms with E-state index in [9.17, 15) is 47.9 Å². The number of aliphatic imine (C=N–C) groups is 1. The molecule has 1 aliphatic rings. The fourth-order valence-corrected chi connectivity index (χ4v) is 8.81. The molecule has 1 fully saturated rings. The van der Waals surface area contributed by atoms with Crippen molar-refractivity contribution >= 4 is 75.7 Å². The maximum absolute atomic E-state index is 14.7. The van der Waals surface area contributed by atoms with Gasteiger partial charge in [-0.05, 0) is 68.6 Å². The van der Waals surface area contributed by atoms with Gasteiger partial charge in [-0.3, -0.25) is 52.9 Å². The van der Waals surface area contributed by atoms with Gasteiger partial charge >= 0.3 is 0 Å². The summed E-state index contributed by atoms with van der Waals surface area (Å²) in [6.07, 6.45) is 2.98. The molecule has 2 aromatic heterocycles. The van der Waals surface area contributed by atoms with Crippen LogP contribution in [-0.4, -0.2) is 123 Å². The normalized spacial score (nSPS) is 21.3. The summed E-state index contributed by atoms with van der Waals surface area (Å²) in [5.74, 6) is -9.84. The van der Waals surface area contributed by atoms with Gasteiger partial charge in [0, 0.05) is 86.5 Å². The number of hydrogen-bond donors (Lipinski definition) is 12. The Hall–Kier alpha value is -8.44. The molecule has 5 rings (SSSR count). The first-order valence-electron chi connectivity index (χ1n) is 24.9. The van der Waals surface area contributed by atoms with E-state index in [4.69, 9.17) is 22.9 Å². The number of Topliss-reactive ketones (excluding diaryl/α,β-unsaturated/α-hetero) is 2. The van der Waals surface area contributed by atoms with E-state index >= 15 is 0 Å². The van der Waals surface area contributed by atoms with E-state index in [-0.39, 0.29) is 83.3 Å². The molecule has 0 spiro atoms. The van der Waals surface area contributed by atoms with Gasteiger partial charge in [0.1, 0.15) is 30.0 Å². The van der Waals surface area contributed by atoms with E-state index in [0.29, 0.717) is 16.8 Å². The molecule has 1 aliphatic heterocycles. The molecule has 0 saturated carbocycles. The molecule has 24 heteroatoms. The number of nitrogens with one attached hydrogen (secondary N) is 8. The number of guanidine groups is 1. The van der Waals surface area contributed by atoms with Crippen molar-refractivity contribution < 1.29 is 47.9 Å². The molecule has 8 amide bonds. The molecule has 0 bridgehead atoms. The SMILES string of the molecule is CC(=O)N[C@@H](CCCN=C(N)N)C(=O)N[C@H]1CC(=O)NCCCC[C@@H](C(N)=O)NC(=O)[C@H](Cc2c[nH]c3ccccc23)CC(=O)[C@H](CCC(N)=O)CC(=O)[C@@H](Cc2ccccc2)NC(=O)[C@H](Cc2cnc[nH]2)NC1=O. The number of H-pyrrole nitrogens is 2. The molecule has 4 aromatic rings. The first-order valence-corrected chi connectivity index (χ1v) is 24.9. The lowest BCUT2D eigenvalue weighted by Crippen LogP contribution is -2.59. The highest BCUT2D eigenvalue weighted by atomic mass is 16.2. The quantitative estimate of drug-likeness (QED) is 0.0344. The van der Waals surface area contributed by atoms with Gasteiger partial charge in [-0.15, -0.1) is 0 Å². The van der Waals surface area contributed by atoms with E-state index in [0.717, 1.165) is 10.9 Å². The fourth-order valence-electron chi connectivity index (χ4n) is 8.81. The minimum Gasteiger partial charge on any atom is -0.370 e. The van der Waals surface area contributed by atoms with Gasteiger partial charge in [-0.25, -0.2) is 4.98 Å². The monoisotopic (exact) mass is 1040 g/mol. The lowest BCUT2D eigenvalue weighted by Gasteiger charge is -2.27. The van der Waals surface area contributed by atoms with Crippen LogP contribution in [0.4, 0.5) is 0 Å². The standard InChI is InChI=1S/C51H68N14O10/c1-29(66)61-38(15-9-19-58-51(54)55)48(73)65-41-25-45(70)57-18-8-7-14-37(46(53)71)62-47(72)32(21-33-26-59-36-13-6-5-12-35(33)36)23-42(67)31(16-17-44(52)69)22-43(68)39(20-30-10-3-2-4-11-30)63-49(74)40(64-50(41)75)24-34-27-56-28-60-34/h2-6,10-13,26-28,31-32,37-41,59H,7-9,14-25H2,1H3,(H2,52,69)(H2,53,71)(H,56,60)(H,57,70)(H,61,66)(H,62,72)(H,63,74)(H,64,75)(H,65,73)(H4,54,55,58)/t31-,32-,37+,38+,39-,40+,41+/m1/s1. The second kappa shape index (κ2) is 28.7. The number of hydrogen-bond acceptors (Lipinski definition) is 12. The van der Waals surface area contributed by atoms with Crippen LogP contribution < -0.4 is 54.8 Å². The van der Waals surface area contributed by atoms with E-state index in [1.165, 1.54) is 19.4 Å². The number of carbonyl (C=O) groups is 10. The first kappa shape index (κ1) is 57.5. The van der Waals surface area contributed by atoms with Gasteiger partial charge in [0.15, 0.2) is 11.7 Å². The number of aromatic amines is 2. The number of nitrogens with zero attached hydrogens (tertiary/aromatic N) is 2. The summed E-state index contributed by atoms with van der Waals surface area (Å²) in [5.41, 5.74) is 24.7. The fraction of sp³-hybridized carbons (Fsp3) is 0.451. The van der Waals surface area contributed by atoms with Crippen molar-refractivity contribution in [1.29, 1.82) is 0 Å². The predicted molar refractivity (Wildman–Crippen MR) is 275 cm³/mol. The number of ketones is 2. The molecule has 0 aliphatic carbocycles. The van der Waals surface area contributed by atoms with E-state index in [1.54, 1.807) is 36.5 Å². The van der Waals surface area contributed by atoms with Crippen LogP contribution in [0.1, 0.15) is 88.0 Å². The van der Waals surface area contributed by atoms with Gasteiger partial charge in [-0.2, -0.15) is 0 Å². The van der Waals surface area contributed by atoms with Crippen molar-refractivity contribution in [2.24, 2.45) is 39.8 Å². The van der Waals surface area contributed by atoms with Gasteiger partial charge in [0.2, 0.25) is 47.3 Å². The molecule has 0 unspecified atom stereocenters. The second-order valence-electron chi connectivity index (χ2n) is 18.7. The summed E-state index contributed by atoms with van der Waals surface area (Å²) < 4.78 is 0. The average Bonchev–Trinajstić information content (AvgIpc) is 4.04. The van der Waals surface area contributed by atoms with E-state index in [2.05, 4.69) is 51.8 Å². The Morgan fingerprint density at radius 1 is 0.773 bits per heavy atom. The molecule has 402 valence electrons. The van der Waals surface area contributed by atoms with Crippen LogP contribution in [0.2, 0.25) is 0 Å². The number of fused-ring (bicyclic) bond motifs is 1. The Labute approximate surface area is 432 Å². The zero-order valence-corrected chi connectivity index (χ0v) is 41.9. The van der Waals surface area contributed by atoms with Gasteiger partial charge in [0.05, 0.1) is 18.8 Å². The third-order valence-electron chi connectivity index (χ3n) is 12.8. The summed E-state index contributed by atoms with van der Waals surface area (Å²) >= 11 is 0. The van der Waals surface area contributed by atoms with Gasteiger partial charge < -0.3 is 64.8 Å². The molecule has 75 heavy (non-hydrogen) atoms. The van der Waals surface area contributed by atoms with Crippen molar-refractivity contribution in [3.05, 3.63) is 90.1 Å². The van der Waals surface area contributed by atoms with Crippen molar-refractivity contribution in [1.82, 2.24) is 46.9 Å². The number of nitrogens with two attached hydrogens (primary N) is 4. The zero-order valence-electron chi connectivity index (χ0n) is 41.9. The molecule has 2 aromatic carbocycles. The lowest BCUT2D eigenvalue weighted by atomic mass is 9.83. The number of primary amides is 2. The Balaban J connectivity index is 1.54. The maximum Gasteiger partial charge on any atom is 0.243 e. The third kappa shape index (κ3) is 18.8. The summed E-state index contributed by atoms with van der Waals surface area (Å²) in [6.45, 7) is 1.32. The van der Waals surface area contributed by atoms with Crippen molar-refractivity contribution in [2.45, 2.75) is 121 Å². The molecule has 24 nitrogen and oxygen atoms in total. The Kier molecular flexibility index (Phi) is 22.0. The minimum absolute atomic E-state index is 0.0198. The Bertz CT molecular complexity index is 2670. The topological polar surface area (TPSA) is 404 Å². The molecule has 0 radical (unpaired) electrons. The Morgan fingerprint density at radius 2 is 1.49 bits per heavy atom. The minimum atomic E-state index is -1.64. The van der Waals surface area contributed by atoms with Crippen molar-refractivity contribution in [3.63, 3.8) is 0 Å². The molecule has 1 saturated heterocycles. The first-order chi connectivity index (χ1) is 35.9. The molecular formula is C51H68N14O10. The third-order valence-corrected chi connectivity index (χ3v) is 12.8. The average molecular weight is 1040 g/mol. The highest BCUT2D eigenvalue weighted by molar-refractivity contribution is 5.99. The lowest BCUT2D eigenvalue weighted by molar-refractivity contribution is -0.136. The zero-order chi connectivity index (χ0) is 54.4. The summed E-state index contributed by atoms with van der Waals surface area (Å²) in [6, 6.07) is 9.16. The number of aromatic nitrogens is 3. The van der Waals surface area contributed by atoms with E-state index in [1.807, 2.05) is 24.3 Å². The molecule has 16 N–H and O–H groups in total. The number of rotatable bonds is 17. The van der Waals surface area contributed by atoms with Gasteiger partial charge in [-0.1, -0.05) is 48.5 Å². The summed E-state index contributed by atoms with van der Waals surface area (Å²) in [7, 11) is 0.